The summed E-state index contributed by atoms with van der Waals surface area (Å²) < 4.78 is 17.5. The second-order valence-corrected chi connectivity index (χ2v) is 2.75. The van der Waals surface area contributed by atoms with Crippen LogP contribution in [0.15, 0.2) is 28.8 Å². The number of benzene rings is 1. The smallest absolute Gasteiger partial charge is 0.222 e. The average molecular weight is 194 g/mol. The van der Waals surface area contributed by atoms with E-state index in [1.165, 1.54) is 18.2 Å². The summed E-state index contributed by atoms with van der Waals surface area (Å²) in [5.41, 5.74) is 5.86. The molecule has 1 aromatic carbocycles. The van der Waals surface area contributed by atoms with Crippen molar-refractivity contribution < 1.29 is 14.0 Å². The number of halogens is 1. The highest BCUT2D eigenvalue weighted by Gasteiger charge is 2.11. The largest absolute Gasteiger partial charge is 0.504 e. The Morgan fingerprint density at radius 1 is 1.43 bits per heavy atom. The number of aromatic nitrogens is 1. The minimum Gasteiger partial charge on any atom is -0.504 e. The summed E-state index contributed by atoms with van der Waals surface area (Å²) in [4.78, 5) is 0. The highest BCUT2D eigenvalue weighted by atomic mass is 19.1. The fraction of sp³-hybridized carbons (Fsp3) is 0. The van der Waals surface area contributed by atoms with Gasteiger partial charge in [-0.3, -0.25) is 0 Å². The van der Waals surface area contributed by atoms with Gasteiger partial charge in [0, 0.05) is 11.6 Å². The van der Waals surface area contributed by atoms with Crippen molar-refractivity contribution in [3.05, 3.63) is 30.1 Å². The number of nitrogen functional groups attached to an aromatic ring is 1. The molecule has 0 aliphatic heterocycles. The van der Waals surface area contributed by atoms with E-state index in [0.717, 1.165) is 6.07 Å². The highest BCUT2D eigenvalue weighted by Crippen LogP contribution is 2.30. The van der Waals surface area contributed by atoms with Gasteiger partial charge in [0.1, 0.15) is 5.69 Å². The average Bonchev–Trinajstić information content (AvgIpc) is 2.57. The van der Waals surface area contributed by atoms with Crippen LogP contribution in [0.5, 0.6) is 5.75 Å². The molecule has 1 aromatic heterocycles. The minimum absolute atomic E-state index is 0.115. The summed E-state index contributed by atoms with van der Waals surface area (Å²) in [7, 11) is 0. The molecule has 0 saturated carbocycles. The molecule has 0 aliphatic carbocycles. The lowest BCUT2D eigenvalue weighted by atomic mass is 10.1. The summed E-state index contributed by atoms with van der Waals surface area (Å²) in [6.45, 7) is 0. The number of nitrogens with zero attached hydrogens (tertiary/aromatic N) is 1. The van der Waals surface area contributed by atoms with E-state index in [9.17, 15) is 9.50 Å². The lowest BCUT2D eigenvalue weighted by Gasteiger charge is -1.99. The molecule has 0 bridgehead atoms. The molecule has 0 fully saturated rings. The first-order valence-electron chi connectivity index (χ1n) is 3.88. The van der Waals surface area contributed by atoms with Crippen LogP contribution in [0.25, 0.3) is 11.3 Å². The van der Waals surface area contributed by atoms with Gasteiger partial charge in [0.15, 0.2) is 11.6 Å². The van der Waals surface area contributed by atoms with Gasteiger partial charge >= 0.3 is 0 Å². The number of nitrogens with two attached hydrogens (primary N) is 1. The van der Waals surface area contributed by atoms with Crippen LogP contribution >= 0.6 is 0 Å². The molecule has 2 rings (SSSR count). The fourth-order valence-electron chi connectivity index (χ4n) is 1.14. The Kier molecular flexibility index (Phi) is 1.85. The molecule has 5 heteroatoms. The lowest BCUT2D eigenvalue weighted by Crippen LogP contribution is -1.82. The molecular formula is C9H7FN2O2. The van der Waals surface area contributed by atoms with E-state index in [4.69, 9.17) is 5.73 Å². The number of hydrogen-bond donors (Lipinski definition) is 2. The molecule has 0 spiro atoms. The summed E-state index contributed by atoms with van der Waals surface area (Å²) in [6, 6.07) is 5.56. The Morgan fingerprint density at radius 3 is 2.86 bits per heavy atom. The zero-order valence-electron chi connectivity index (χ0n) is 7.07. The third-order valence-electron chi connectivity index (χ3n) is 1.79. The Bertz CT molecular complexity index is 468. The lowest BCUT2D eigenvalue weighted by molar-refractivity contribution is 0.427. The van der Waals surface area contributed by atoms with E-state index >= 15 is 0 Å². The molecule has 0 radical (unpaired) electrons. The third-order valence-corrected chi connectivity index (χ3v) is 1.79. The molecule has 0 unspecified atom stereocenters. The monoisotopic (exact) mass is 194 g/mol. The van der Waals surface area contributed by atoms with Crippen LogP contribution in [0.1, 0.15) is 0 Å². The zero-order valence-corrected chi connectivity index (χ0v) is 7.07. The van der Waals surface area contributed by atoms with Crippen molar-refractivity contribution in [3.8, 4) is 17.0 Å². The Morgan fingerprint density at radius 2 is 2.21 bits per heavy atom. The topological polar surface area (TPSA) is 72.3 Å². The van der Waals surface area contributed by atoms with Crippen LogP contribution in [0.4, 0.5) is 10.3 Å². The van der Waals surface area contributed by atoms with Gasteiger partial charge in [-0.1, -0.05) is 11.2 Å². The molecule has 2 aromatic rings. The summed E-state index contributed by atoms with van der Waals surface area (Å²) >= 11 is 0. The van der Waals surface area contributed by atoms with Crippen LogP contribution in [0.3, 0.4) is 0 Å². The molecule has 14 heavy (non-hydrogen) atoms. The van der Waals surface area contributed by atoms with Gasteiger partial charge in [0.2, 0.25) is 5.88 Å². The van der Waals surface area contributed by atoms with E-state index in [-0.39, 0.29) is 11.4 Å². The normalized spacial score (nSPS) is 10.4. The van der Waals surface area contributed by atoms with Gasteiger partial charge in [0.25, 0.3) is 0 Å². The molecule has 0 saturated heterocycles. The molecule has 72 valence electrons. The fourth-order valence-corrected chi connectivity index (χ4v) is 1.14. The summed E-state index contributed by atoms with van der Waals surface area (Å²) in [5, 5.41) is 12.9. The molecule has 0 aliphatic rings. The van der Waals surface area contributed by atoms with Gasteiger partial charge in [0.05, 0.1) is 0 Å². The molecule has 1 heterocycles. The summed E-state index contributed by atoms with van der Waals surface area (Å²) in [5.74, 6) is -1.05. The van der Waals surface area contributed by atoms with E-state index in [2.05, 4.69) is 9.68 Å². The SMILES string of the molecule is Nc1cc(-c2cccc(F)c2O)no1. The third kappa shape index (κ3) is 1.28. The van der Waals surface area contributed by atoms with Crippen molar-refractivity contribution in [1.82, 2.24) is 5.16 Å². The van der Waals surface area contributed by atoms with Gasteiger partial charge < -0.3 is 15.4 Å². The van der Waals surface area contributed by atoms with Crippen molar-refractivity contribution in [2.45, 2.75) is 0 Å². The van der Waals surface area contributed by atoms with Crippen molar-refractivity contribution >= 4 is 5.88 Å². The Balaban J connectivity index is 2.57. The minimum atomic E-state index is -0.705. The number of rotatable bonds is 1. The molecular weight excluding hydrogens is 187 g/mol. The molecule has 3 N–H and O–H groups in total. The first-order valence-corrected chi connectivity index (χ1v) is 3.88. The van der Waals surface area contributed by atoms with Crippen LogP contribution in [-0.2, 0) is 0 Å². The van der Waals surface area contributed by atoms with Gasteiger partial charge in [-0.2, -0.15) is 0 Å². The van der Waals surface area contributed by atoms with Crippen molar-refractivity contribution in [3.63, 3.8) is 0 Å². The van der Waals surface area contributed by atoms with Gasteiger partial charge in [-0.15, -0.1) is 0 Å². The molecule has 0 amide bonds. The number of phenolic OH excluding ortho intramolecular Hbond substituents is 1. The predicted octanol–water partition coefficient (Wildman–Crippen LogP) is 1.77. The quantitative estimate of drug-likeness (QED) is 0.725. The maximum absolute atomic E-state index is 12.9. The van der Waals surface area contributed by atoms with Crippen LogP contribution < -0.4 is 5.73 Å². The Labute approximate surface area is 78.8 Å². The second kappa shape index (κ2) is 3.02. The zero-order chi connectivity index (χ0) is 10.1. The van der Waals surface area contributed by atoms with E-state index in [1.54, 1.807) is 0 Å². The molecule has 4 nitrogen and oxygen atoms in total. The standard InChI is InChI=1S/C9H7FN2O2/c10-6-3-1-2-5(9(6)13)7-4-8(11)14-12-7/h1-4,13H,11H2. The number of hydrogen-bond acceptors (Lipinski definition) is 4. The number of phenols is 1. The van der Waals surface area contributed by atoms with Crippen LogP contribution in [-0.4, -0.2) is 10.3 Å². The summed E-state index contributed by atoms with van der Waals surface area (Å²) in [6.07, 6.45) is 0. The van der Waals surface area contributed by atoms with Crippen LogP contribution in [0, 0.1) is 5.82 Å². The van der Waals surface area contributed by atoms with Crippen molar-refractivity contribution in [1.29, 1.82) is 0 Å². The van der Waals surface area contributed by atoms with Gasteiger partial charge in [-0.05, 0) is 12.1 Å². The van der Waals surface area contributed by atoms with Crippen molar-refractivity contribution in [2.24, 2.45) is 0 Å². The predicted molar refractivity (Wildman–Crippen MR) is 48.0 cm³/mol. The maximum Gasteiger partial charge on any atom is 0.222 e. The van der Waals surface area contributed by atoms with E-state index in [0.29, 0.717) is 5.69 Å². The van der Waals surface area contributed by atoms with E-state index < -0.39 is 11.6 Å². The highest BCUT2D eigenvalue weighted by molar-refractivity contribution is 5.68. The van der Waals surface area contributed by atoms with Crippen LogP contribution in [0.2, 0.25) is 0 Å². The van der Waals surface area contributed by atoms with E-state index in [1.807, 2.05) is 0 Å². The second-order valence-electron chi connectivity index (χ2n) is 2.75. The maximum atomic E-state index is 12.9. The number of aromatic hydroxyl groups is 1. The number of anilines is 1. The van der Waals surface area contributed by atoms with Gasteiger partial charge in [-0.25, -0.2) is 4.39 Å². The molecule has 0 atom stereocenters. The number of para-hydroxylation sites is 1. The first-order chi connectivity index (χ1) is 6.68. The first kappa shape index (κ1) is 8.55. The van der Waals surface area contributed by atoms with Crippen molar-refractivity contribution in [2.75, 3.05) is 5.73 Å². The Hall–Kier alpha value is -2.04.